The number of methoxy groups -OCH3 is 1. The molecule has 0 fully saturated rings. The second-order valence-corrected chi connectivity index (χ2v) is 7.17. The van der Waals surface area contributed by atoms with Gasteiger partial charge in [-0.3, -0.25) is 4.79 Å². The molecule has 0 amide bonds. The van der Waals surface area contributed by atoms with E-state index >= 15 is 0 Å². The molecule has 5 nitrogen and oxygen atoms in total. The number of likely N-dealkylation sites (N-methyl/N-ethyl adjacent to an activating group) is 1. The Labute approximate surface area is 160 Å². The highest BCUT2D eigenvalue weighted by Gasteiger charge is 2.28. The Kier molecular flexibility index (Phi) is 4.36. The predicted octanol–water partition coefficient (Wildman–Crippen LogP) is 3.90. The van der Waals surface area contributed by atoms with Crippen molar-refractivity contribution in [3.05, 3.63) is 57.2 Å². The van der Waals surface area contributed by atoms with Crippen molar-refractivity contribution in [1.82, 2.24) is 4.90 Å². The molecule has 0 atom stereocenters. The third kappa shape index (κ3) is 2.84. The van der Waals surface area contributed by atoms with Crippen molar-refractivity contribution in [3.63, 3.8) is 0 Å². The molecule has 134 valence electrons. The molecule has 0 radical (unpaired) electrons. The second kappa shape index (κ2) is 6.68. The van der Waals surface area contributed by atoms with Gasteiger partial charge in [0.25, 0.3) is 0 Å². The first-order chi connectivity index (χ1) is 12.6. The number of Topliss-reactive ketones (excluding diaryl/α,β-unsaturated/α-hetero) is 1. The van der Waals surface area contributed by atoms with Crippen molar-refractivity contribution in [2.24, 2.45) is 0 Å². The molecule has 0 unspecified atom stereocenters. The molecule has 0 aromatic heterocycles. The number of hydrogen-bond acceptors (Lipinski definition) is 5. The van der Waals surface area contributed by atoms with E-state index in [9.17, 15) is 4.79 Å². The molecule has 2 aromatic carbocycles. The van der Waals surface area contributed by atoms with Gasteiger partial charge in [-0.2, -0.15) is 0 Å². The van der Waals surface area contributed by atoms with Crippen molar-refractivity contribution in [1.29, 1.82) is 0 Å². The summed E-state index contributed by atoms with van der Waals surface area (Å²) >= 11 is 3.41. The molecule has 0 bridgehead atoms. The molecule has 4 rings (SSSR count). The van der Waals surface area contributed by atoms with Crippen LogP contribution in [0, 0.1) is 0 Å². The lowest BCUT2D eigenvalue weighted by atomic mass is 10.0. The molecule has 2 heterocycles. The fraction of sp³-hybridized carbons (Fsp3) is 0.250. The highest BCUT2D eigenvalue weighted by molar-refractivity contribution is 9.10. The van der Waals surface area contributed by atoms with Crippen LogP contribution in [-0.2, 0) is 6.42 Å². The van der Waals surface area contributed by atoms with E-state index in [0.29, 0.717) is 28.5 Å². The first-order valence-corrected chi connectivity index (χ1v) is 9.10. The summed E-state index contributed by atoms with van der Waals surface area (Å²) in [5, 5.41) is 0. The van der Waals surface area contributed by atoms with Gasteiger partial charge in [0.05, 0.1) is 12.8 Å². The molecule has 2 aliphatic heterocycles. The fourth-order valence-corrected chi connectivity index (χ4v) is 3.55. The fourth-order valence-electron chi connectivity index (χ4n) is 3.29. The molecule has 0 saturated heterocycles. The van der Waals surface area contributed by atoms with Crippen LogP contribution in [0.15, 0.2) is 40.5 Å². The van der Waals surface area contributed by atoms with Crippen LogP contribution in [0.3, 0.4) is 0 Å². The van der Waals surface area contributed by atoms with E-state index in [4.69, 9.17) is 14.2 Å². The number of ketones is 1. The largest absolute Gasteiger partial charge is 0.492 e. The van der Waals surface area contributed by atoms with Crippen molar-refractivity contribution in [2.45, 2.75) is 6.42 Å². The summed E-state index contributed by atoms with van der Waals surface area (Å²) in [6, 6.07) is 9.37. The highest BCUT2D eigenvalue weighted by Crippen LogP contribution is 2.46. The van der Waals surface area contributed by atoms with Crippen molar-refractivity contribution >= 4 is 27.8 Å². The van der Waals surface area contributed by atoms with Crippen molar-refractivity contribution in [3.8, 4) is 17.2 Å². The van der Waals surface area contributed by atoms with Crippen LogP contribution in [0.2, 0.25) is 0 Å². The van der Waals surface area contributed by atoms with Gasteiger partial charge in [0, 0.05) is 29.2 Å². The Bertz CT molecular complexity index is 905. The summed E-state index contributed by atoms with van der Waals surface area (Å²) in [6.45, 7) is 0.910. The minimum absolute atomic E-state index is 0.0208. The normalized spacial score (nSPS) is 15.2. The van der Waals surface area contributed by atoms with E-state index < -0.39 is 0 Å². The number of halogens is 1. The maximum Gasteiger partial charge on any atom is 0.231 e. The van der Waals surface area contributed by atoms with E-state index in [1.807, 2.05) is 48.4 Å². The van der Waals surface area contributed by atoms with E-state index in [1.54, 1.807) is 7.11 Å². The quantitative estimate of drug-likeness (QED) is 0.711. The smallest absolute Gasteiger partial charge is 0.231 e. The zero-order chi connectivity index (χ0) is 18.3. The molecule has 0 spiro atoms. The second-order valence-electron chi connectivity index (χ2n) is 6.25. The SMILES string of the molecule is COc1c2c(cc3c1OCO3)CCN(C)C(C(=O)c1ccc(Br)cc1)=C2. The number of benzene rings is 2. The third-order valence-corrected chi connectivity index (χ3v) is 5.22. The van der Waals surface area contributed by atoms with E-state index in [-0.39, 0.29) is 12.6 Å². The summed E-state index contributed by atoms with van der Waals surface area (Å²) < 4.78 is 17.6. The summed E-state index contributed by atoms with van der Waals surface area (Å²) in [5.74, 6) is 1.89. The van der Waals surface area contributed by atoms with Gasteiger partial charge in [-0.25, -0.2) is 0 Å². The van der Waals surface area contributed by atoms with Crippen LogP contribution in [0.1, 0.15) is 21.5 Å². The predicted molar refractivity (Wildman–Crippen MR) is 102 cm³/mol. The average molecular weight is 416 g/mol. The minimum Gasteiger partial charge on any atom is -0.492 e. The number of hydrogen-bond donors (Lipinski definition) is 0. The Morgan fingerprint density at radius 3 is 2.73 bits per heavy atom. The van der Waals surface area contributed by atoms with Crippen LogP contribution in [0.5, 0.6) is 17.2 Å². The van der Waals surface area contributed by atoms with E-state index in [2.05, 4.69) is 15.9 Å². The number of allylic oxidation sites excluding steroid dienone is 1. The Balaban J connectivity index is 1.83. The number of carbonyl (C=O) groups is 1. The van der Waals surface area contributed by atoms with Crippen LogP contribution in [0.4, 0.5) is 0 Å². The maximum atomic E-state index is 13.1. The van der Waals surface area contributed by atoms with Crippen LogP contribution >= 0.6 is 15.9 Å². The first kappa shape index (κ1) is 17.0. The first-order valence-electron chi connectivity index (χ1n) is 8.31. The zero-order valence-corrected chi connectivity index (χ0v) is 16.1. The van der Waals surface area contributed by atoms with Gasteiger partial charge in [-0.15, -0.1) is 0 Å². The summed E-state index contributed by atoms with van der Waals surface area (Å²) in [4.78, 5) is 15.1. The molecule has 0 saturated carbocycles. The number of fused-ring (bicyclic) bond motifs is 2. The summed E-state index contributed by atoms with van der Waals surface area (Å²) in [7, 11) is 3.54. The van der Waals surface area contributed by atoms with E-state index in [1.165, 1.54) is 0 Å². The van der Waals surface area contributed by atoms with Crippen molar-refractivity contribution in [2.75, 3.05) is 27.5 Å². The molecular weight excluding hydrogens is 398 g/mol. The lowest BCUT2D eigenvalue weighted by Gasteiger charge is -2.19. The van der Waals surface area contributed by atoms with Gasteiger partial charge in [0.15, 0.2) is 11.5 Å². The van der Waals surface area contributed by atoms with Gasteiger partial charge in [-0.1, -0.05) is 15.9 Å². The van der Waals surface area contributed by atoms with Gasteiger partial charge >= 0.3 is 0 Å². The van der Waals surface area contributed by atoms with E-state index in [0.717, 1.165) is 28.6 Å². The van der Waals surface area contributed by atoms with Gasteiger partial charge in [0.2, 0.25) is 18.3 Å². The molecule has 0 N–H and O–H groups in total. The van der Waals surface area contributed by atoms with Gasteiger partial charge in [0.1, 0.15) is 0 Å². The molecular formula is C20H18BrNO4. The van der Waals surface area contributed by atoms with Crippen molar-refractivity contribution < 1.29 is 19.0 Å². The Morgan fingerprint density at radius 2 is 2.00 bits per heavy atom. The molecule has 6 heteroatoms. The van der Waals surface area contributed by atoms with Crippen LogP contribution < -0.4 is 14.2 Å². The lowest BCUT2D eigenvalue weighted by molar-refractivity contribution is 0.100. The lowest BCUT2D eigenvalue weighted by Crippen LogP contribution is -2.24. The zero-order valence-electron chi connectivity index (χ0n) is 14.5. The van der Waals surface area contributed by atoms with Gasteiger partial charge < -0.3 is 19.1 Å². The Hall–Kier alpha value is -2.47. The third-order valence-electron chi connectivity index (χ3n) is 4.70. The topological polar surface area (TPSA) is 48.0 Å². The average Bonchev–Trinajstić information content (AvgIpc) is 3.05. The standard InChI is InChI=1S/C20H18BrNO4/c1-22-8-7-13-9-17-20(26-11-25-17)19(24-2)15(13)10-16(22)18(23)12-3-5-14(21)6-4-12/h3-6,9-10H,7-8,11H2,1-2H3. The van der Waals surface area contributed by atoms with Crippen LogP contribution in [0.25, 0.3) is 6.08 Å². The summed E-state index contributed by atoms with van der Waals surface area (Å²) in [6.07, 6.45) is 2.68. The minimum atomic E-state index is -0.0208. The monoisotopic (exact) mass is 415 g/mol. The molecule has 2 aromatic rings. The Morgan fingerprint density at radius 1 is 1.23 bits per heavy atom. The molecule has 0 aliphatic carbocycles. The number of rotatable bonds is 3. The highest BCUT2D eigenvalue weighted by atomic mass is 79.9. The number of carbonyl (C=O) groups excluding carboxylic acids is 1. The summed E-state index contributed by atoms with van der Waals surface area (Å²) in [5.41, 5.74) is 3.23. The van der Waals surface area contributed by atoms with Gasteiger partial charge in [-0.05, 0) is 48.4 Å². The maximum absolute atomic E-state index is 13.1. The molecule has 2 aliphatic rings. The van der Waals surface area contributed by atoms with Crippen LogP contribution in [-0.4, -0.2) is 38.2 Å². The molecule has 26 heavy (non-hydrogen) atoms. The number of nitrogens with zero attached hydrogens (tertiary/aromatic N) is 1. The number of ether oxygens (including phenoxy) is 3.